The summed E-state index contributed by atoms with van der Waals surface area (Å²) in [5.74, 6) is -2.14. The number of hydrogen-bond acceptors (Lipinski definition) is 3. The van der Waals surface area contributed by atoms with Crippen LogP contribution in [0.1, 0.15) is 15.2 Å². The summed E-state index contributed by atoms with van der Waals surface area (Å²) < 4.78 is 27.6. The molecule has 0 saturated heterocycles. The molecule has 0 spiro atoms. The number of hydrogen-bond donors (Lipinski definition) is 2. The second-order valence-corrected chi connectivity index (χ2v) is 5.97. The van der Waals surface area contributed by atoms with Crippen molar-refractivity contribution in [2.75, 3.05) is 5.73 Å². The topological polar surface area (TPSA) is 63.3 Å². The number of fused-ring (bicyclic) bond motifs is 1. The van der Waals surface area contributed by atoms with Crippen molar-refractivity contribution >= 4 is 33.1 Å². The van der Waals surface area contributed by atoms with E-state index in [4.69, 9.17) is 5.73 Å². The second kappa shape index (κ2) is 5.06. The predicted octanol–water partition coefficient (Wildman–Crippen LogP) is 4.44. The number of benzene rings is 2. The van der Waals surface area contributed by atoms with E-state index in [1.54, 1.807) is 6.92 Å². The van der Waals surface area contributed by atoms with Crippen LogP contribution < -0.4 is 5.73 Å². The zero-order chi connectivity index (χ0) is 16.0. The van der Waals surface area contributed by atoms with Gasteiger partial charge >= 0.3 is 5.97 Å². The third kappa shape index (κ3) is 2.21. The minimum atomic E-state index is -1.14. The third-order valence-electron chi connectivity index (χ3n) is 3.53. The molecule has 2 aromatic carbocycles. The Balaban J connectivity index is 2.44. The first-order valence-corrected chi connectivity index (χ1v) is 7.21. The van der Waals surface area contributed by atoms with E-state index in [-0.39, 0.29) is 10.6 Å². The highest BCUT2D eigenvalue weighted by molar-refractivity contribution is 7.21. The highest BCUT2D eigenvalue weighted by Gasteiger charge is 2.22. The van der Waals surface area contributed by atoms with Gasteiger partial charge in [0.15, 0.2) is 0 Å². The molecule has 0 radical (unpaired) electrons. The molecule has 6 heteroatoms. The van der Waals surface area contributed by atoms with E-state index in [1.165, 1.54) is 30.3 Å². The van der Waals surface area contributed by atoms with E-state index >= 15 is 0 Å². The largest absolute Gasteiger partial charge is 0.477 e. The van der Waals surface area contributed by atoms with Crippen molar-refractivity contribution in [3.63, 3.8) is 0 Å². The Labute approximate surface area is 128 Å². The van der Waals surface area contributed by atoms with Gasteiger partial charge in [0, 0.05) is 21.3 Å². The molecule has 3 N–H and O–H groups in total. The van der Waals surface area contributed by atoms with Crippen molar-refractivity contribution < 1.29 is 18.7 Å². The summed E-state index contributed by atoms with van der Waals surface area (Å²) in [6.45, 7) is 1.70. The first kappa shape index (κ1) is 14.5. The Morgan fingerprint density at radius 1 is 1.18 bits per heavy atom. The second-order valence-electron chi connectivity index (χ2n) is 4.92. The standard InChI is InChI=1S/C16H11F2NO2S/c1-7-11(4-9(18)5-12(7)19)14-10-3-2-8(17)6-13(10)22-15(14)16(20)21/h2-6H,19H2,1H3,(H,20,21). The molecule has 0 atom stereocenters. The molecule has 0 aliphatic heterocycles. The average Bonchev–Trinajstić information content (AvgIpc) is 2.81. The summed E-state index contributed by atoms with van der Waals surface area (Å²) in [6.07, 6.45) is 0. The number of rotatable bonds is 2. The molecule has 0 aliphatic rings. The highest BCUT2D eigenvalue weighted by atomic mass is 32.1. The number of aromatic carboxylic acids is 1. The first-order valence-electron chi connectivity index (χ1n) is 6.40. The quantitative estimate of drug-likeness (QED) is 0.687. The van der Waals surface area contributed by atoms with Crippen molar-refractivity contribution in [2.24, 2.45) is 0 Å². The number of carboxylic acid groups (broad SMARTS) is 1. The van der Waals surface area contributed by atoms with Crippen molar-refractivity contribution in [2.45, 2.75) is 6.92 Å². The Kier molecular flexibility index (Phi) is 3.33. The number of halogens is 2. The van der Waals surface area contributed by atoms with E-state index < -0.39 is 17.6 Å². The van der Waals surface area contributed by atoms with Gasteiger partial charge in [-0.15, -0.1) is 11.3 Å². The Bertz CT molecular complexity index is 918. The van der Waals surface area contributed by atoms with Crippen LogP contribution in [0.2, 0.25) is 0 Å². The fourth-order valence-corrected chi connectivity index (χ4v) is 3.53. The molecule has 1 heterocycles. The van der Waals surface area contributed by atoms with Gasteiger partial charge in [0.2, 0.25) is 0 Å². The van der Waals surface area contributed by atoms with Gasteiger partial charge in [-0.2, -0.15) is 0 Å². The Morgan fingerprint density at radius 2 is 1.91 bits per heavy atom. The van der Waals surface area contributed by atoms with Crippen molar-refractivity contribution in [3.05, 3.63) is 52.4 Å². The number of nitrogen functional groups attached to an aromatic ring is 1. The molecule has 1 aromatic heterocycles. The van der Waals surface area contributed by atoms with Crippen LogP contribution >= 0.6 is 11.3 Å². The monoisotopic (exact) mass is 319 g/mol. The van der Waals surface area contributed by atoms with Crippen LogP contribution in [0, 0.1) is 18.6 Å². The molecule has 3 rings (SSSR count). The lowest BCUT2D eigenvalue weighted by atomic mass is 9.96. The summed E-state index contributed by atoms with van der Waals surface area (Å²) in [7, 11) is 0. The van der Waals surface area contributed by atoms with Crippen LogP contribution in [0.4, 0.5) is 14.5 Å². The van der Waals surface area contributed by atoms with Crippen LogP contribution in [-0.4, -0.2) is 11.1 Å². The van der Waals surface area contributed by atoms with Gasteiger partial charge in [-0.05, 0) is 48.4 Å². The highest BCUT2D eigenvalue weighted by Crippen LogP contribution is 2.41. The molecule has 0 saturated carbocycles. The van der Waals surface area contributed by atoms with E-state index in [1.807, 2.05) is 0 Å². The first-order chi connectivity index (χ1) is 10.4. The Hall–Kier alpha value is -2.47. The fourth-order valence-electron chi connectivity index (χ4n) is 2.45. The van der Waals surface area contributed by atoms with Crippen LogP contribution in [0.5, 0.6) is 0 Å². The van der Waals surface area contributed by atoms with Crippen LogP contribution in [-0.2, 0) is 0 Å². The maximum atomic E-state index is 13.7. The van der Waals surface area contributed by atoms with Crippen LogP contribution in [0.25, 0.3) is 21.2 Å². The molecule has 0 amide bonds. The number of carboxylic acids is 1. The van der Waals surface area contributed by atoms with E-state index in [0.717, 1.165) is 11.3 Å². The van der Waals surface area contributed by atoms with Gasteiger partial charge in [0.25, 0.3) is 0 Å². The molecular formula is C16H11F2NO2S. The van der Waals surface area contributed by atoms with Gasteiger partial charge in [0.1, 0.15) is 16.5 Å². The normalized spacial score (nSPS) is 11.0. The predicted molar refractivity (Wildman–Crippen MR) is 83.3 cm³/mol. The molecule has 0 fully saturated rings. The third-order valence-corrected chi connectivity index (χ3v) is 4.67. The maximum Gasteiger partial charge on any atom is 0.346 e. The van der Waals surface area contributed by atoms with Crippen LogP contribution in [0.15, 0.2) is 30.3 Å². The smallest absolute Gasteiger partial charge is 0.346 e. The zero-order valence-corrected chi connectivity index (χ0v) is 12.3. The average molecular weight is 319 g/mol. The SMILES string of the molecule is Cc1c(N)cc(F)cc1-c1c(C(=O)O)sc2cc(F)ccc12. The van der Waals surface area contributed by atoms with Crippen molar-refractivity contribution in [1.82, 2.24) is 0 Å². The van der Waals surface area contributed by atoms with E-state index in [0.29, 0.717) is 26.8 Å². The van der Waals surface area contributed by atoms with Crippen LogP contribution in [0.3, 0.4) is 0 Å². The fraction of sp³-hybridized carbons (Fsp3) is 0.0625. The molecule has 22 heavy (non-hydrogen) atoms. The van der Waals surface area contributed by atoms with Gasteiger partial charge in [-0.3, -0.25) is 0 Å². The summed E-state index contributed by atoms with van der Waals surface area (Å²) in [5, 5.41) is 9.99. The van der Waals surface area contributed by atoms with Crippen molar-refractivity contribution in [3.8, 4) is 11.1 Å². The molecule has 112 valence electrons. The number of nitrogens with two attached hydrogens (primary N) is 1. The van der Waals surface area contributed by atoms with Gasteiger partial charge < -0.3 is 10.8 Å². The van der Waals surface area contributed by atoms with Gasteiger partial charge in [0.05, 0.1) is 0 Å². The summed E-state index contributed by atoms with van der Waals surface area (Å²) in [6, 6.07) is 6.47. The maximum absolute atomic E-state index is 13.7. The molecule has 3 nitrogen and oxygen atoms in total. The minimum Gasteiger partial charge on any atom is -0.477 e. The number of carbonyl (C=O) groups is 1. The number of thiophene rings is 1. The minimum absolute atomic E-state index is 0.0358. The summed E-state index contributed by atoms with van der Waals surface area (Å²) in [4.78, 5) is 11.6. The molecule has 0 aliphatic carbocycles. The molecule has 0 bridgehead atoms. The lowest BCUT2D eigenvalue weighted by Crippen LogP contribution is -1.99. The zero-order valence-electron chi connectivity index (χ0n) is 11.5. The van der Waals surface area contributed by atoms with Gasteiger partial charge in [-0.25, -0.2) is 13.6 Å². The van der Waals surface area contributed by atoms with E-state index in [2.05, 4.69) is 0 Å². The van der Waals surface area contributed by atoms with Crippen molar-refractivity contribution in [1.29, 1.82) is 0 Å². The molecule has 0 unspecified atom stereocenters. The Morgan fingerprint density at radius 3 is 2.59 bits per heavy atom. The molecule has 3 aromatic rings. The lowest BCUT2D eigenvalue weighted by molar-refractivity contribution is 0.0703. The summed E-state index contributed by atoms with van der Waals surface area (Å²) in [5.41, 5.74) is 7.39. The number of anilines is 1. The van der Waals surface area contributed by atoms with Gasteiger partial charge in [-0.1, -0.05) is 0 Å². The summed E-state index contributed by atoms with van der Waals surface area (Å²) >= 11 is 0.959. The molecular weight excluding hydrogens is 308 g/mol. The van der Waals surface area contributed by atoms with E-state index in [9.17, 15) is 18.7 Å². The lowest BCUT2D eigenvalue weighted by Gasteiger charge is -2.10.